The number of benzene rings is 2. The van der Waals surface area contributed by atoms with E-state index in [9.17, 15) is 4.79 Å². The Morgan fingerprint density at radius 1 is 1.10 bits per heavy atom. The third-order valence-corrected chi connectivity index (χ3v) is 5.63. The monoisotopic (exact) mass is 431 g/mol. The lowest BCUT2D eigenvalue weighted by atomic mass is 9.99. The molecule has 1 fully saturated rings. The summed E-state index contributed by atoms with van der Waals surface area (Å²) in [6, 6.07) is 16.2. The first-order valence-electron chi connectivity index (χ1n) is 9.53. The Labute approximate surface area is 184 Å². The number of rotatable bonds is 3. The van der Waals surface area contributed by atoms with E-state index in [0.29, 0.717) is 12.5 Å². The van der Waals surface area contributed by atoms with E-state index in [1.807, 2.05) is 41.3 Å². The van der Waals surface area contributed by atoms with Crippen molar-refractivity contribution in [1.82, 2.24) is 9.88 Å². The van der Waals surface area contributed by atoms with Crippen LogP contribution in [0.1, 0.15) is 27.9 Å². The average Bonchev–Trinajstić information content (AvgIpc) is 3.17. The molecule has 1 amide bonds. The van der Waals surface area contributed by atoms with E-state index in [2.05, 4.69) is 26.0 Å². The molecule has 0 saturated carbocycles. The van der Waals surface area contributed by atoms with Gasteiger partial charge in [0.15, 0.2) is 0 Å². The maximum Gasteiger partial charge on any atom is 0.254 e. The number of nitrogens with two attached hydrogens (primary N) is 1. The number of nitrogens with zero attached hydrogens (tertiary/aromatic N) is 2. The van der Waals surface area contributed by atoms with E-state index in [-0.39, 0.29) is 30.7 Å². The highest BCUT2D eigenvalue weighted by molar-refractivity contribution is 6.07. The van der Waals surface area contributed by atoms with Crippen LogP contribution < -0.4 is 5.73 Å². The van der Waals surface area contributed by atoms with Gasteiger partial charge in [-0.25, -0.2) is 4.98 Å². The molecule has 0 radical (unpaired) electrons. The number of likely N-dealkylation sites (tertiary alicyclic amines) is 1. The highest BCUT2D eigenvalue weighted by atomic mass is 35.5. The van der Waals surface area contributed by atoms with E-state index in [4.69, 9.17) is 10.7 Å². The van der Waals surface area contributed by atoms with Crippen LogP contribution in [0.5, 0.6) is 0 Å². The fourth-order valence-corrected chi connectivity index (χ4v) is 3.80. The molecule has 0 aliphatic carbocycles. The highest BCUT2D eigenvalue weighted by Gasteiger charge is 2.27. The first-order valence-corrected chi connectivity index (χ1v) is 9.53. The van der Waals surface area contributed by atoms with Crippen molar-refractivity contribution in [1.29, 1.82) is 0 Å². The summed E-state index contributed by atoms with van der Waals surface area (Å²) in [5.74, 6) is 0.485. The normalized spacial score (nSPS) is 15.7. The van der Waals surface area contributed by atoms with Gasteiger partial charge in [0.1, 0.15) is 0 Å². The first kappa shape index (κ1) is 23.1. The minimum atomic E-state index is 0. The van der Waals surface area contributed by atoms with Crippen LogP contribution in [0.2, 0.25) is 0 Å². The Kier molecular flexibility index (Phi) is 7.64. The number of aromatic nitrogens is 1. The minimum absolute atomic E-state index is 0. The zero-order chi connectivity index (χ0) is 19.0. The Morgan fingerprint density at radius 3 is 2.45 bits per heavy atom. The third kappa shape index (κ3) is 4.55. The molecular formula is C23H27Cl2N3O. The molecule has 4 rings (SSSR count). The van der Waals surface area contributed by atoms with Gasteiger partial charge in [-0.05, 0) is 62.1 Å². The van der Waals surface area contributed by atoms with Crippen molar-refractivity contribution in [3.63, 3.8) is 0 Å². The van der Waals surface area contributed by atoms with Crippen LogP contribution in [0, 0.1) is 19.8 Å². The molecule has 4 nitrogen and oxygen atoms in total. The van der Waals surface area contributed by atoms with Crippen LogP contribution >= 0.6 is 24.8 Å². The van der Waals surface area contributed by atoms with E-state index in [1.165, 1.54) is 11.1 Å². The lowest BCUT2D eigenvalue weighted by molar-refractivity contribution is 0.0789. The molecule has 0 bridgehead atoms. The van der Waals surface area contributed by atoms with Crippen molar-refractivity contribution >= 4 is 41.6 Å². The van der Waals surface area contributed by atoms with E-state index < -0.39 is 0 Å². The molecule has 1 atom stereocenters. The molecule has 0 spiro atoms. The number of pyridine rings is 1. The summed E-state index contributed by atoms with van der Waals surface area (Å²) in [5.41, 5.74) is 11.6. The SMILES string of the molecule is Cc1cc2nc(-c3ccccc3)cc(C(=O)N3CCC(CN)C3)c2cc1C.Cl.Cl. The lowest BCUT2D eigenvalue weighted by Crippen LogP contribution is -2.30. The van der Waals surface area contributed by atoms with Crippen molar-refractivity contribution in [3.8, 4) is 11.3 Å². The van der Waals surface area contributed by atoms with Crippen molar-refractivity contribution in [2.45, 2.75) is 20.3 Å². The van der Waals surface area contributed by atoms with Gasteiger partial charge in [-0.2, -0.15) is 0 Å². The van der Waals surface area contributed by atoms with Gasteiger partial charge in [0, 0.05) is 24.0 Å². The predicted molar refractivity (Wildman–Crippen MR) is 124 cm³/mol. The molecule has 29 heavy (non-hydrogen) atoms. The van der Waals surface area contributed by atoms with Crippen molar-refractivity contribution in [3.05, 3.63) is 65.2 Å². The van der Waals surface area contributed by atoms with Crippen LogP contribution in [-0.4, -0.2) is 35.4 Å². The molecular weight excluding hydrogens is 405 g/mol. The quantitative estimate of drug-likeness (QED) is 0.648. The van der Waals surface area contributed by atoms with Crippen LogP contribution in [0.4, 0.5) is 0 Å². The predicted octanol–water partition coefficient (Wildman–Crippen LogP) is 4.78. The van der Waals surface area contributed by atoms with Gasteiger partial charge in [0.05, 0.1) is 16.8 Å². The number of fused-ring (bicyclic) bond motifs is 1. The number of halogens is 2. The Balaban J connectivity index is 0.00000150. The molecule has 3 aromatic rings. The van der Waals surface area contributed by atoms with Gasteiger partial charge >= 0.3 is 0 Å². The molecule has 2 aromatic carbocycles. The number of carbonyl (C=O) groups is 1. The van der Waals surface area contributed by atoms with Gasteiger partial charge < -0.3 is 10.6 Å². The van der Waals surface area contributed by atoms with Crippen molar-refractivity contribution in [2.75, 3.05) is 19.6 Å². The molecule has 2 heterocycles. The molecule has 1 aliphatic heterocycles. The number of carbonyl (C=O) groups excluding carboxylic acids is 1. The van der Waals surface area contributed by atoms with Crippen LogP contribution in [0.3, 0.4) is 0 Å². The zero-order valence-electron chi connectivity index (χ0n) is 16.7. The second kappa shape index (κ2) is 9.57. The van der Waals surface area contributed by atoms with Crippen LogP contribution in [-0.2, 0) is 0 Å². The second-order valence-electron chi connectivity index (χ2n) is 7.52. The molecule has 2 N–H and O–H groups in total. The molecule has 1 saturated heterocycles. The maximum absolute atomic E-state index is 13.4. The standard InChI is InChI=1S/C23H25N3O.2ClH/c1-15-10-19-20(23(27)26-9-8-17(13-24)14-26)12-21(18-6-4-3-5-7-18)25-22(19)11-16(15)2;;/h3-7,10-12,17H,8-9,13-14,24H2,1-2H3;2*1H. The summed E-state index contributed by atoms with van der Waals surface area (Å²) in [6.07, 6.45) is 0.981. The Hall–Kier alpha value is -2.14. The summed E-state index contributed by atoms with van der Waals surface area (Å²) in [7, 11) is 0. The lowest BCUT2D eigenvalue weighted by Gasteiger charge is -2.19. The summed E-state index contributed by atoms with van der Waals surface area (Å²) >= 11 is 0. The maximum atomic E-state index is 13.4. The van der Waals surface area contributed by atoms with Crippen molar-refractivity contribution < 1.29 is 4.79 Å². The summed E-state index contributed by atoms with van der Waals surface area (Å²) in [5, 5.41) is 0.930. The highest BCUT2D eigenvalue weighted by Crippen LogP contribution is 2.29. The van der Waals surface area contributed by atoms with Crippen molar-refractivity contribution in [2.24, 2.45) is 11.7 Å². The smallest absolute Gasteiger partial charge is 0.254 e. The number of hydrogen-bond donors (Lipinski definition) is 1. The molecule has 6 heteroatoms. The van der Waals surface area contributed by atoms with Crippen LogP contribution in [0.15, 0.2) is 48.5 Å². The van der Waals surface area contributed by atoms with Gasteiger partial charge in [-0.3, -0.25) is 4.79 Å². The minimum Gasteiger partial charge on any atom is -0.338 e. The van der Waals surface area contributed by atoms with Gasteiger partial charge in [0.2, 0.25) is 0 Å². The van der Waals surface area contributed by atoms with Gasteiger partial charge in [0.25, 0.3) is 5.91 Å². The Morgan fingerprint density at radius 2 is 1.79 bits per heavy atom. The zero-order valence-corrected chi connectivity index (χ0v) is 18.4. The number of hydrogen-bond acceptors (Lipinski definition) is 3. The second-order valence-corrected chi connectivity index (χ2v) is 7.52. The molecule has 1 aromatic heterocycles. The van der Waals surface area contributed by atoms with E-state index >= 15 is 0 Å². The Bertz CT molecular complexity index is 1010. The van der Waals surface area contributed by atoms with Crippen LogP contribution in [0.25, 0.3) is 22.2 Å². The van der Waals surface area contributed by atoms with Gasteiger partial charge in [-0.1, -0.05) is 30.3 Å². The summed E-state index contributed by atoms with van der Waals surface area (Å²) < 4.78 is 0. The average molecular weight is 432 g/mol. The number of amides is 1. The largest absolute Gasteiger partial charge is 0.338 e. The fraction of sp³-hybridized carbons (Fsp3) is 0.304. The van der Waals surface area contributed by atoms with Gasteiger partial charge in [-0.15, -0.1) is 24.8 Å². The van der Waals surface area contributed by atoms with E-state index in [0.717, 1.165) is 47.2 Å². The topological polar surface area (TPSA) is 59.2 Å². The third-order valence-electron chi connectivity index (χ3n) is 5.63. The molecule has 1 unspecified atom stereocenters. The molecule has 154 valence electrons. The number of aryl methyl sites for hydroxylation is 2. The summed E-state index contributed by atoms with van der Waals surface area (Å²) in [4.78, 5) is 20.2. The van der Waals surface area contributed by atoms with E-state index in [1.54, 1.807) is 0 Å². The first-order chi connectivity index (χ1) is 13.1. The molecule has 1 aliphatic rings. The summed E-state index contributed by atoms with van der Waals surface area (Å²) in [6.45, 7) is 6.31. The fourth-order valence-electron chi connectivity index (χ4n) is 3.80.